The summed E-state index contributed by atoms with van der Waals surface area (Å²) in [6.45, 7) is 5.32. The topological polar surface area (TPSA) is 102 Å². The summed E-state index contributed by atoms with van der Waals surface area (Å²) >= 11 is 0. The molecule has 1 aromatic rings. The van der Waals surface area contributed by atoms with Gasteiger partial charge >= 0.3 is 0 Å². The summed E-state index contributed by atoms with van der Waals surface area (Å²) in [6.07, 6.45) is 4.13. The summed E-state index contributed by atoms with van der Waals surface area (Å²) in [4.78, 5) is 14.9. The molecule has 0 saturated carbocycles. The molecule has 8 heteroatoms. The van der Waals surface area contributed by atoms with Gasteiger partial charge in [-0.2, -0.15) is 0 Å². The molecule has 1 saturated heterocycles. The highest BCUT2D eigenvalue weighted by Gasteiger charge is 2.28. The zero-order valence-corrected chi connectivity index (χ0v) is 15.3. The molecular formula is C17H25N3O4S. The molecular weight excluding hydrogens is 342 g/mol. The number of nitrogens with zero attached hydrogens (tertiary/aromatic N) is 1. The molecule has 2 aliphatic rings. The summed E-state index contributed by atoms with van der Waals surface area (Å²) in [5.41, 5.74) is 0.949. The first-order valence-corrected chi connectivity index (χ1v) is 10.3. The van der Waals surface area contributed by atoms with Crippen molar-refractivity contribution in [1.82, 2.24) is 10.2 Å². The molecule has 7 nitrogen and oxygen atoms in total. The largest absolute Gasteiger partial charge is 0.489 e. The number of hydrogen-bond donors (Lipinski definition) is 2. The quantitative estimate of drug-likeness (QED) is 0.804. The number of benzene rings is 1. The van der Waals surface area contributed by atoms with Gasteiger partial charge in [0.2, 0.25) is 10.0 Å². The summed E-state index contributed by atoms with van der Waals surface area (Å²) in [5.74, 6) is 0.142. The van der Waals surface area contributed by atoms with Crippen molar-refractivity contribution in [3.05, 3.63) is 23.3 Å². The van der Waals surface area contributed by atoms with E-state index in [4.69, 9.17) is 9.88 Å². The average molecular weight is 367 g/mol. The van der Waals surface area contributed by atoms with Crippen molar-refractivity contribution >= 4 is 15.9 Å². The number of fused-ring (bicyclic) bond motifs is 1. The van der Waals surface area contributed by atoms with Gasteiger partial charge in [0.25, 0.3) is 5.91 Å². The van der Waals surface area contributed by atoms with Gasteiger partial charge in [-0.3, -0.25) is 4.79 Å². The fourth-order valence-electron chi connectivity index (χ4n) is 3.44. The Morgan fingerprint density at radius 2 is 2.04 bits per heavy atom. The SMILES string of the molecule is CC1Cc2cc(S(N)(=O)=O)cc(C(=O)NCCN3CCCCC3)c2O1. The zero-order valence-electron chi connectivity index (χ0n) is 14.5. The second-order valence-electron chi connectivity index (χ2n) is 6.79. The van der Waals surface area contributed by atoms with Gasteiger partial charge in [0, 0.05) is 19.5 Å². The van der Waals surface area contributed by atoms with Gasteiger partial charge in [-0.1, -0.05) is 6.42 Å². The van der Waals surface area contributed by atoms with E-state index in [9.17, 15) is 13.2 Å². The normalized spacial score (nSPS) is 20.8. The molecule has 1 fully saturated rings. The van der Waals surface area contributed by atoms with E-state index in [1.54, 1.807) is 0 Å². The second-order valence-corrected chi connectivity index (χ2v) is 8.36. The third kappa shape index (κ3) is 4.31. The van der Waals surface area contributed by atoms with Crippen LogP contribution in [0.3, 0.4) is 0 Å². The Kier molecular flexibility index (Phi) is 5.31. The van der Waals surface area contributed by atoms with Crippen molar-refractivity contribution in [2.45, 2.75) is 43.6 Å². The van der Waals surface area contributed by atoms with Gasteiger partial charge in [-0.15, -0.1) is 0 Å². The van der Waals surface area contributed by atoms with Crippen LogP contribution in [0.25, 0.3) is 0 Å². The van der Waals surface area contributed by atoms with E-state index >= 15 is 0 Å². The van der Waals surface area contributed by atoms with Crippen LogP contribution in [0.5, 0.6) is 5.75 Å². The minimum Gasteiger partial charge on any atom is -0.489 e. The summed E-state index contributed by atoms with van der Waals surface area (Å²) in [5, 5.41) is 8.12. The van der Waals surface area contributed by atoms with Gasteiger partial charge in [0.1, 0.15) is 11.9 Å². The lowest BCUT2D eigenvalue weighted by molar-refractivity contribution is 0.0941. The number of hydrogen-bond acceptors (Lipinski definition) is 5. The van der Waals surface area contributed by atoms with Crippen molar-refractivity contribution in [3.63, 3.8) is 0 Å². The number of carbonyl (C=O) groups is 1. The molecule has 1 aromatic carbocycles. The maximum Gasteiger partial charge on any atom is 0.255 e. The van der Waals surface area contributed by atoms with E-state index in [1.165, 1.54) is 31.4 Å². The highest BCUT2D eigenvalue weighted by molar-refractivity contribution is 7.89. The van der Waals surface area contributed by atoms with Crippen LogP contribution in [-0.4, -0.2) is 51.5 Å². The number of carbonyl (C=O) groups excluding carboxylic acids is 1. The van der Waals surface area contributed by atoms with Crippen LogP contribution >= 0.6 is 0 Å². The van der Waals surface area contributed by atoms with Gasteiger partial charge in [0.15, 0.2) is 0 Å². The molecule has 1 atom stereocenters. The van der Waals surface area contributed by atoms with E-state index in [0.29, 0.717) is 24.3 Å². The number of nitrogens with one attached hydrogen (secondary N) is 1. The molecule has 0 radical (unpaired) electrons. The number of likely N-dealkylation sites (tertiary alicyclic amines) is 1. The number of piperidine rings is 1. The molecule has 138 valence electrons. The van der Waals surface area contributed by atoms with Crippen LogP contribution in [0.15, 0.2) is 17.0 Å². The predicted octanol–water partition coefficient (Wildman–Crippen LogP) is 0.873. The summed E-state index contributed by atoms with van der Waals surface area (Å²) in [7, 11) is -3.88. The molecule has 1 unspecified atom stereocenters. The van der Waals surface area contributed by atoms with Gasteiger partial charge in [-0.25, -0.2) is 13.6 Å². The van der Waals surface area contributed by atoms with E-state index in [2.05, 4.69) is 10.2 Å². The standard InChI is InChI=1S/C17H25N3O4S/c1-12-9-13-10-14(25(18,22)23)11-15(16(13)24-12)17(21)19-5-8-20-6-3-2-4-7-20/h10-12H,2-9H2,1H3,(H,19,21)(H2,18,22,23). The lowest BCUT2D eigenvalue weighted by Gasteiger charge is -2.26. The Balaban J connectivity index is 1.74. The number of ether oxygens (including phenoxy) is 1. The first-order valence-electron chi connectivity index (χ1n) is 8.71. The van der Waals surface area contributed by atoms with Crippen LogP contribution in [0.4, 0.5) is 0 Å². The van der Waals surface area contributed by atoms with Crippen LogP contribution in [0.2, 0.25) is 0 Å². The van der Waals surface area contributed by atoms with Gasteiger partial charge < -0.3 is 15.0 Å². The molecule has 3 rings (SSSR count). The predicted molar refractivity (Wildman–Crippen MR) is 94.2 cm³/mol. The van der Waals surface area contributed by atoms with Crippen molar-refractivity contribution in [2.75, 3.05) is 26.2 Å². The van der Waals surface area contributed by atoms with Crippen molar-refractivity contribution in [2.24, 2.45) is 5.14 Å². The molecule has 0 aliphatic carbocycles. The molecule has 0 bridgehead atoms. The highest BCUT2D eigenvalue weighted by atomic mass is 32.2. The van der Waals surface area contributed by atoms with Crippen LogP contribution in [-0.2, 0) is 16.4 Å². The third-order valence-electron chi connectivity index (χ3n) is 4.70. The molecule has 0 spiro atoms. The lowest BCUT2D eigenvalue weighted by Crippen LogP contribution is -2.37. The molecule has 2 heterocycles. The monoisotopic (exact) mass is 367 g/mol. The Hall–Kier alpha value is -1.64. The smallest absolute Gasteiger partial charge is 0.255 e. The van der Waals surface area contributed by atoms with E-state index in [0.717, 1.165) is 19.6 Å². The minimum atomic E-state index is -3.88. The number of primary sulfonamides is 1. The fourth-order valence-corrected chi connectivity index (χ4v) is 4.03. The van der Waals surface area contributed by atoms with Gasteiger partial charge in [0.05, 0.1) is 10.5 Å². The lowest BCUT2D eigenvalue weighted by atomic mass is 10.1. The number of rotatable bonds is 5. The first-order chi connectivity index (χ1) is 11.8. The minimum absolute atomic E-state index is 0.0508. The van der Waals surface area contributed by atoms with E-state index in [1.807, 2.05) is 6.92 Å². The highest BCUT2D eigenvalue weighted by Crippen LogP contribution is 2.34. The van der Waals surface area contributed by atoms with Crippen molar-refractivity contribution in [1.29, 1.82) is 0 Å². The molecule has 2 aliphatic heterocycles. The Morgan fingerprint density at radius 1 is 1.32 bits per heavy atom. The van der Waals surface area contributed by atoms with Crippen molar-refractivity contribution in [3.8, 4) is 5.75 Å². The molecule has 0 aromatic heterocycles. The summed E-state index contributed by atoms with van der Waals surface area (Å²) in [6, 6.07) is 2.81. The van der Waals surface area contributed by atoms with Crippen molar-refractivity contribution < 1.29 is 17.9 Å². The summed E-state index contributed by atoms with van der Waals surface area (Å²) < 4.78 is 29.1. The zero-order chi connectivity index (χ0) is 18.0. The van der Waals surface area contributed by atoms with Gasteiger partial charge in [-0.05, 0) is 50.6 Å². The Bertz CT molecular complexity index is 757. The maximum absolute atomic E-state index is 12.6. The number of sulfonamides is 1. The van der Waals surface area contributed by atoms with Crippen LogP contribution in [0.1, 0.15) is 42.1 Å². The maximum atomic E-state index is 12.6. The third-order valence-corrected chi connectivity index (χ3v) is 5.59. The molecule has 1 amide bonds. The average Bonchev–Trinajstić information content (AvgIpc) is 2.94. The Morgan fingerprint density at radius 3 is 2.72 bits per heavy atom. The second kappa shape index (κ2) is 7.31. The fraction of sp³-hybridized carbons (Fsp3) is 0.588. The number of amides is 1. The number of nitrogens with two attached hydrogens (primary N) is 1. The molecule has 3 N–H and O–H groups in total. The van der Waals surface area contributed by atoms with Crippen LogP contribution in [0, 0.1) is 0 Å². The Labute approximate surface area is 148 Å². The van der Waals surface area contributed by atoms with E-state index in [-0.39, 0.29) is 22.5 Å². The molecule has 25 heavy (non-hydrogen) atoms. The first kappa shape index (κ1) is 18.2. The van der Waals surface area contributed by atoms with Crippen LogP contribution < -0.4 is 15.2 Å². The van der Waals surface area contributed by atoms with E-state index < -0.39 is 10.0 Å².